The molecule has 182 valence electrons. The normalized spacial score (nSPS) is 19.3. The van der Waals surface area contributed by atoms with Crippen LogP contribution in [0.25, 0.3) is 0 Å². The Morgan fingerprint density at radius 3 is 2.22 bits per heavy atom. The van der Waals surface area contributed by atoms with Gasteiger partial charge in [-0.1, -0.05) is 0 Å². The number of carboxylic acid groups (broad SMARTS) is 1. The standard InChI is InChI=1S/C19H33N5O7S/c1-10(25)15(19(30)31)24-18(29)13(7-9-32-2)23-17(28)12(5-6-14(20)26)22-16(27)11-4-3-8-21-11/h10-13,15,21,25H,3-9H2,1-2H3,(H2,20,26)(H,22,27)(H,23,28)(H,24,29)(H,30,31). The van der Waals surface area contributed by atoms with E-state index in [0.29, 0.717) is 18.7 Å². The minimum absolute atomic E-state index is 0.0537. The zero-order chi connectivity index (χ0) is 24.3. The number of carbonyl (C=O) groups is 5. The number of amides is 4. The molecule has 1 aliphatic heterocycles. The lowest BCUT2D eigenvalue weighted by Gasteiger charge is -2.25. The number of hydrogen-bond acceptors (Lipinski definition) is 8. The second-order valence-corrected chi connectivity index (χ2v) is 8.61. The molecule has 0 aromatic heterocycles. The van der Waals surface area contributed by atoms with Gasteiger partial charge >= 0.3 is 5.97 Å². The van der Waals surface area contributed by atoms with Gasteiger partial charge in [0.2, 0.25) is 23.6 Å². The summed E-state index contributed by atoms with van der Waals surface area (Å²) >= 11 is 1.42. The van der Waals surface area contributed by atoms with Crippen LogP contribution in [0.4, 0.5) is 0 Å². The highest BCUT2D eigenvalue weighted by molar-refractivity contribution is 7.98. The SMILES string of the molecule is CSCCC(NC(=O)C(CCC(N)=O)NC(=O)C1CCCN1)C(=O)NC(C(=O)O)C(C)O. The van der Waals surface area contributed by atoms with Crippen LogP contribution < -0.4 is 27.0 Å². The fourth-order valence-electron chi connectivity index (χ4n) is 3.16. The highest BCUT2D eigenvalue weighted by Crippen LogP contribution is 2.08. The molecular formula is C19H33N5O7S. The molecule has 5 unspecified atom stereocenters. The Labute approximate surface area is 190 Å². The van der Waals surface area contributed by atoms with Gasteiger partial charge in [0.1, 0.15) is 12.1 Å². The summed E-state index contributed by atoms with van der Waals surface area (Å²) in [4.78, 5) is 60.5. The zero-order valence-electron chi connectivity index (χ0n) is 18.3. The smallest absolute Gasteiger partial charge is 0.328 e. The lowest BCUT2D eigenvalue weighted by molar-refractivity contribution is -0.145. The Balaban J connectivity index is 2.91. The van der Waals surface area contributed by atoms with E-state index in [1.807, 2.05) is 0 Å². The summed E-state index contributed by atoms with van der Waals surface area (Å²) in [5.41, 5.74) is 5.18. The molecule has 13 heteroatoms. The zero-order valence-corrected chi connectivity index (χ0v) is 19.1. The predicted molar refractivity (Wildman–Crippen MR) is 118 cm³/mol. The van der Waals surface area contributed by atoms with E-state index in [1.165, 1.54) is 18.7 Å². The topological polar surface area (TPSA) is 200 Å². The van der Waals surface area contributed by atoms with Crippen LogP contribution in [0.15, 0.2) is 0 Å². The van der Waals surface area contributed by atoms with E-state index in [1.54, 1.807) is 6.26 Å². The quantitative estimate of drug-likeness (QED) is 0.144. The van der Waals surface area contributed by atoms with Crippen molar-refractivity contribution in [2.45, 2.75) is 69.3 Å². The van der Waals surface area contributed by atoms with Crippen molar-refractivity contribution in [1.82, 2.24) is 21.3 Å². The van der Waals surface area contributed by atoms with Crippen molar-refractivity contribution in [3.8, 4) is 0 Å². The van der Waals surface area contributed by atoms with Gasteiger partial charge < -0.3 is 37.2 Å². The molecule has 1 aliphatic rings. The van der Waals surface area contributed by atoms with Gasteiger partial charge in [-0.2, -0.15) is 11.8 Å². The van der Waals surface area contributed by atoms with Crippen molar-refractivity contribution in [3.63, 3.8) is 0 Å². The first-order chi connectivity index (χ1) is 15.1. The Bertz CT molecular complexity index is 685. The molecule has 1 heterocycles. The van der Waals surface area contributed by atoms with Crippen LogP contribution in [0, 0.1) is 0 Å². The number of carbonyl (C=O) groups excluding carboxylic acids is 4. The van der Waals surface area contributed by atoms with Crippen molar-refractivity contribution in [3.05, 3.63) is 0 Å². The van der Waals surface area contributed by atoms with Crippen LogP contribution in [0.5, 0.6) is 0 Å². The molecule has 1 rings (SSSR count). The average Bonchev–Trinajstić information content (AvgIpc) is 3.26. The second kappa shape index (κ2) is 13.9. The van der Waals surface area contributed by atoms with Gasteiger partial charge in [0.05, 0.1) is 12.1 Å². The minimum atomic E-state index is -1.55. The van der Waals surface area contributed by atoms with Gasteiger partial charge in [0.25, 0.3) is 0 Å². The third-order valence-electron chi connectivity index (χ3n) is 4.98. The first kappa shape index (κ1) is 27.7. The van der Waals surface area contributed by atoms with Crippen LogP contribution in [0.1, 0.15) is 39.0 Å². The van der Waals surface area contributed by atoms with E-state index >= 15 is 0 Å². The Hall–Kier alpha value is -2.38. The number of aliphatic hydroxyl groups is 1. The number of nitrogens with two attached hydrogens (primary N) is 1. The Kier molecular flexibility index (Phi) is 12.0. The highest BCUT2D eigenvalue weighted by Gasteiger charge is 2.32. The van der Waals surface area contributed by atoms with E-state index < -0.39 is 59.9 Å². The number of rotatable bonds is 14. The third kappa shape index (κ3) is 9.40. The molecule has 12 nitrogen and oxygen atoms in total. The van der Waals surface area contributed by atoms with E-state index in [2.05, 4.69) is 21.3 Å². The Morgan fingerprint density at radius 1 is 1.09 bits per heavy atom. The lowest BCUT2D eigenvalue weighted by atomic mass is 10.1. The number of carboxylic acids is 1. The number of hydrogen-bond donors (Lipinski definition) is 7. The van der Waals surface area contributed by atoms with Crippen molar-refractivity contribution in [2.24, 2.45) is 5.73 Å². The van der Waals surface area contributed by atoms with E-state index in [0.717, 1.165) is 6.42 Å². The van der Waals surface area contributed by atoms with E-state index in [4.69, 9.17) is 5.73 Å². The molecule has 32 heavy (non-hydrogen) atoms. The lowest BCUT2D eigenvalue weighted by Crippen LogP contribution is -2.58. The van der Waals surface area contributed by atoms with Crippen LogP contribution in [-0.4, -0.2) is 88.6 Å². The summed E-state index contributed by atoms with van der Waals surface area (Å²) in [6.07, 6.45) is 1.87. The molecule has 1 fully saturated rings. The van der Waals surface area contributed by atoms with Crippen LogP contribution in [-0.2, 0) is 24.0 Å². The molecule has 8 N–H and O–H groups in total. The van der Waals surface area contributed by atoms with Crippen LogP contribution >= 0.6 is 11.8 Å². The molecular weight excluding hydrogens is 442 g/mol. The summed E-state index contributed by atoms with van der Waals surface area (Å²) in [6.45, 7) is 1.90. The molecule has 0 saturated carbocycles. The van der Waals surface area contributed by atoms with Gasteiger partial charge in [-0.3, -0.25) is 19.2 Å². The fraction of sp³-hybridized carbons (Fsp3) is 0.737. The minimum Gasteiger partial charge on any atom is -0.480 e. The molecule has 0 bridgehead atoms. The van der Waals surface area contributed by atoms with Crippen LogP contribution in [0.2, 0.25) is 0 Å². The maximum Gasteiger partial charge on any atom is 0.328 e. The summed E-state index contributed by atoms with van der Waals surface area (Å²) in [5, 5.41) is 29.1. The molecule has 1 saturated heterocycles. The molecule has 0 aromatic rings. The molecule has 0 spiro atoms. The maximum atomic E-state index is 12.9. The van der Waals surface area contributed by atoms with Crippen molar-refractivity contribution >= 4 is 41.4 Å². The van der Waals surface area contributed by atoms with Gasteiger partial charge in [-0.05, 0) is 51.2 Å². The summed E-state index contributed by atoms with van der Waals surface area (Å²) in [5.74, 6) is -3.44. The molecule has 5 atom stereocenters. The summed E-state index contributed by atoms with van der Waals surface area (Å²) in [6, 6.07) is -4.20. The van der Waals surface area contributed by atoms with Crippen molar-refractivity contribution in [2.75, 3.05) is 18.6 Å². The third-order valence-corrected chi connectivity index (χ3v) is 5.62. The molecule has 0 radical (unpaired) electrons. The first-order valence-electron chi connectivity index (χ1n) is 10.4. The van der Waals surface area contributed by atoms with Gasteiger partial charge in [-0.25, -0.2) is 4.79 Å². The van der Waals surface area contributed by atoms with Gasteiger partial charge in [0, 0.05) is 6.42 Å². The average molecular weight is 476 g/mol. The fourth-order valence-corrected chi connectivity index (χ4v) is 3.63. The first-order valence-corrected chi connectivity index (χ1v) is 11.8. The van der Waals surface area contributed by atoms with Crippen LogP contribution in [0.3, 0.4) is 0 Å². The van der Waals surface area contributed by atoms with E-state index in [-0.39, 0.29) is 19.3 Å². The number of aliphatic hydroxyl groups excluding tert-OH is 1. The van der Waals surface area contributed by atoms with Gasteiger partial charge in [-0.15, -0.1) is 0 Å². The van der Waals surface area contributed by atoms with Crippen molar-refractivity contribution < 1.29 is 34.2 Å². The maximum absolute atomic E-state index is 12.9. The Morgan fingerprint density at radius 2 is 1.72 bits per heavy atom. The monoisotopic (exact) mass is 475 g/mol. The van der Waals surface area contributed by atoms with E-state index in [9.17, 15) is 34.2 Å². The number of thioether (sulfide) groups is 1. The number of primary amides is 1. The molecule has 4 amide bonds. The van der Waals surface area contributed by atoms with Crippen molar-refractivity contribution in [1.29, 1.82) is 0 Å². The molecule has 0 aliphatic carbocycles. The molecule has 0 aromatic carbocycles. The number of nitrogens with one attached hydrogen (secondary N) is 4. The van der Waals surface area contributed by atoms with Gasteiger partial charge in [0.15, 0.2) is 6.04 Å². The summed E-state index contributed by atoms with van der Waals surface area (Å²) in [7, 11) is 0. The number of aliphatic carboxylic acids is 1. The highest BCUT2D eigenvalue weighted by atomic mass is 32.2. The largest absolute Gasteiger partial charge is 0.480 e. The summed E-state index contributed by atoms with van der Waals surface area (Å²) < 4.78 is 0. The predicted octanol–water partition coefficient (Wildman–Crippen LogP) is -2.32. The second-order valence-electron chi connectivity index (χ2n) is 7.62.